The van der Waals surface area contributed by atoms with E-state index in [1.165, 1.54) is 91.1 Å². The van der Waals surface area contributed by atoms with E-state index in [1.54, 1.807) is 18.2 Å². The van der Waals surface area contributed by atoms with Crippen LogP contribution in [0.1, 0.15) is 93.2 Å². The molecule has 0 aliphatic carbocycles. The first-order valence-corrected chi connectivity index (χ1v) is 34.3. The average Bonchev–Trinajstić information content (AvgIpc) is 1.55. The van der Waals surface area contributed by atoms with E-state index < -0.39 is 196 Å². The molecular formula is C79H66N10O22. The van der Waals surface area contributed by atoms with Gasteiger partial charge in [-0.25, -0.2) is 4.79 Å². The van der Waals surface area contributed by atoms with E-state index in [0.717, 1.165) is 67.6 Å². The third-order valence-electron chi connectivity index (χ3n) is 19.3. The zero-order chi connectivity index (χ0) is 78.5. The smallest absolute Gasteiger partial charge is 0.330 e. The molecule has 111 heavy (non-hydrogen) atoms. The predicted molar refractivity (Wildman–Crippen MR) is 388 cm³/mol. The van der Waals surface area contributed by atoms with Crippen molar-refractivity contribution < 1.29 is 108 Å². The number of amides is 9. The van der Waals surface area contributed by atoms with Crippen LogP contribution in [0.2, 0.25) is 0 Å². The van der Waals surface area contributed by atoms with Gasteiger partial charge in [-0.1, -0.05) is 48.5 Å². The number of carboxylic acid groups (broad SMARTS) is 1. The summed E-state index contributed by atoms with van der Waals surface area (Å²) in [6.45, 7) is 1.14. The van der Waals surface area contributed by atoms with Gasteiger partial charge in [-0.15, -0.1) is 0 Å². The summed E-state index contributed by atoms with van der Waals surface area (Å²) in [5.74, 6) is -18.0. The fraction of sp³-hybridized carbons (Fsp3) is 0.165. The zero-order valence-electron chi connectivity index (χ0n) is 57.9. The predicted octanol–water partition coefficient (Wildman–Crippen LogP) is 5.42. The minimum absolute atomic E-state index is 0.0121. The van der Waals surface area contributed by atoms with Crippen molar-refractivity contribution in [3.63, 3.8) is 0 Å². The molecule has 0 fully saturated rings. The van der Waals surface area contributed by atoms with Crippen molar-refractivity contribution in [2.75, 3.05) is 0 Å². The maximum Gasteiger partial charge on any atom is 0.330 e. The molecule has 6 aliphatic rings. The fourth-order valence-electron chi connectivity index (χ4n) is 13.9. The molecule has 32 heteroatoms. The van der Waals surface area contributed by atoms with Gasteiger partial charge >= 0.3 is 5.97 Å². The number of fused-ring (bicyclic) bond motifs is 13. The van der Waals surface area contributed by atoms with Crippen LogP contribution in [-0.4, -0.2) is 133 Å². The quantitative estimate of drug-likeness (QED) is 0.0902. The summed E-state index contributed by atoms with van der Waals surface area (Å²) in [5, 5.41) is 136. The number of carbonyl (C=O) groups excluding carboxylic acids is 9. The second kappa shape index (κ2) is 29.4. The lowest BCUT2D eigenvalue weighted by Crippen LogP contribution is -2.57. The average molecular weight is 1510 g/mol. The normalized spacial score (nSPS) is 19.4. The lowest BCUT2D eigenvalue weighted by molar-refractivity contribution is -0.142. The van der Waals surface area contributed by atoms with Crippen molar-refractivity contribution in [1.82, 2.24) is 52.8 Å². The molecule has 564 valence electrons. The van der Waals surface area contributed by atoms with E-state index in [-0.39, 0.29) is 73.1 Å². The molecule has 0 saturated carbocycles. The molecule has 16 rings (SSSR count). The number of nitrogens with one attached hydrogen (secondary N) is 10. The van der Waals surface area contributed by atoms with Crippen LogP contribution in [0.3, 0.4) is 0 Å². The number of phenolic OH excluding ortho intramolecular Hbond substituents is 9. The Morgan fingerprint density at radius 1 is 0.459 bits per heavy atom. The third-order valence-corrected chi connectivity index (χ3v) is 19.3. The Bertz CT molecular complexity index is 5530. The highest BCUT2D eigenvalue weighted by Crippen LogP contribution is 2.47. The lowest BCUT2D eigenvalue weighted by atomic mass is 9.90. The van der Waals surface area contributed by atoms with Gasteiger partial charge in [0.25, 0.3) is 0 Å². The molecule has 7 heterocycles. The minimum atomic E-state index is -2.18. The number of aromatic amines is 1. The van der Waals surface area contributed by atoms with E-state index in [0.29, 0.717) is 22.0 Å². The molecule has 19 bridgehead atoms. The summed E-state index contributed by atoms with van der Waals surface area (Å²) in [4.78, 5) is 153. The summed E-state index contributed by atoms with van der Waals surface area (Å²) in [7, 11) is 0. The summed E-state index contributed by atoms with van der Waals surface area (Å²) in [5.41, 5.74) is -0.577. The van der Waals surface area contributed by atoms with Crippen LogP contribution >= 0.6 is 0 Å². The van der Waals surface area contributed by atoms with Gasteiger partial charge in [0.1, 0.15) is 100 Å². The fourth-order valence-corrected chi connectivity index (χ4v) is 13.9. The van der Waals surface area contributed by atoms with Crippen molar-refractivity contribution in [3.8, 4) is 97.0 Å². The summed E-state index contributed by atoms with van der Waals surface area (Å²) >= 11 is 0. The summed E-state index contributed by atoms with van der Waals surface area (Å²) < 4.78 is 12.6. The summed E-state index contributed by atoms with van der Waals surface area (Å²) in [6, 6.07) is 16.3. The maximum absolute atomic E-state index is 16.1. The summed E-state index contributed by atoms with van der Waals surface area (Å²) in [6.07, 6.45) is 0.104. The number of benzene rings is 9. The first-order chi connectivity index (χ1) is 53.0. The highest BCUT2D eigenvalue weighted by atomic mass is 16.5. The highest BCUT2D eigenvalue weighted by Gasteiger charge is 2.41. The Balaban J connectivity index is 0.907. The standard InChI is InChI=1S/C79H66N10O22/c1-33(90)81-64(36-5-9-43(91)10-6-36)76(105)86-66-40-21-46(94)29-49(22-40)111-61-26-38(8-15-59(61)97)65-77(106)87-67-41-23-51(37-7-13-50-42(32-80-54(50)24-37)25-57(73(102)85-65)84-74(66)103)70(99)62(27-41)110-48-11-2-34(3-12-48)17-55-72(101)89-69(78(107)88-68(79(108)109)39-19-44(92)28-45(93)20-39)53-30-47(95)31-60(98)63(53)52-16-35(4-14-58(52)96)18-56(71(100)82-55)83-75(67)104/h2-16,19-24,26-32,55-57,64-69,80,91-99H,17-18,25H2,1H3,(H,81,90)(H,82,100)(H,83,104)(H,84,103)(H,85,102)(H,86,105)(H,87,106)(H,88,107)(H,89,101)(H,108,109). The number of aliphatic carboxylic acids is 1. The SMILES string of the molecule is CC(=O)NC(C(=O)NC1C(=O)NC2Cc3c[nH]c4cc(ccc34)-c3cc4cc(c3O)Oc3ccc(cc3)CC3NC(=O)C(Cc5ccc(O)c(c5)-c5c(O)cc(O)cc5C(C(=O)NC(C(=O)O)c5cc(O)cc(O)c5)NC3=O)NC(=O)C4NC(=O)C(NC2=O)c2ccc(O)c(c2)Oc2cc(O)cc1c2)c1ccc(O)cc1. The Kier molecular flexibility index (Phi) is 19.3. The molecule has 0 radical (unpaired) electrons. The number of phenols is 9. The topological polar surface area (TPSA) is 516 Å². The zero-order valence-corrected chi connectivity index (χ0v) is 57.9. The van der Waals surface area contributed by atoms with Crippen LogP contribution in [0.15, 0.2) is 170 Å². The molecule has 0 saturated heterocycles. The third kappa shape index (κ3) is 15.1. The van der Waals surface area contributed by atoms with Crippen LogP contribution in [0.5, 0.6) is 74.7 Å². The van der Waals surface area contributed by atoms with Crippen LogP contribution in [0.4, 0.5) is 0 Å². The highest BCUT2D eigenvalue weighted by molar-refractivity contribution is 6.02. The number of aromatic nitrogens is 1. The molecule has 6 aliphatic heterocycles. The second-order valence-corrected chi connectivity index (χ2v) is 27.0. The van der Waals surface area contributed by atoms with E-state index >= 15 is 33.6 Å². The Morgan fingerprint density at radius 2 is 1.07 bits per heavy atom. The van der Waals surface area contributed by atoms with E-state index in [4.69, 9.17) is 9.47 Å². The number of ether oxygens (including phenoxy) is 2. The van der Waals surface area contributed by atoms with Gasteiger partial charge in [-0.05, 0) is 153 Å². The van der Waals surface area contributed by atoms with Gasteiger partial charge in [0.2, 0.25) is 53.2 Å². The first kappa shape index (κ1) is 72.9. The van der Waals surface area contributed by atoms with Crippen LogP contribution in [0, 0.1) is 0 Å². The molecule has 9 unspecified atom stereocenters. The minimum Gasteiger partial charge on any atom is -0.508 e. The van der Waals surface area contributed by atoms with Gasteiger partial charge in [0.15, 0.2) is 29.0 Å². The number of aromatic hydroxyl groups is 9. The number of hydrogen-bond acceptors (Lipinski definition) is 21. The molecular weight excluding hydrogens is 1440 g/mol. The number of carbonyl (C=O) groups is 10. The van der Waals surface area contributed by atoms with Crippen LogP contribution in [0.25, 0.3) is 33.2 Å². The van der Waals surface area contributed by atoms with Gasteiger partial charge in [-0.2, -0.15) is 0 Å². The number of H-pyrrole nitrogens is 1. The van der Waals surface area contributed by atoms with E-state index in [2.05, 4.69) is 52.8 Å². The van der Waals surface area contributed by atoms with Gasteiger partial charge < -0.3 is 113 Å². The Labute approximate surface area is 626 Å². The van der Waals surface area contributed by atoms with E-state index in [1.807, 2.05) is 0 Å². The molecule has 1 aromatic heterocycles. The molecule has 9 atom stereocenters. The van der Waals surface area contributed by atoms with Gasteiger partial charge in [0.05, 0.1) is 0 Å². The first-order valence-electron chi connectivity index (χ1n) is 34.3. The van der Waals surface area contributed by atoms with Crippen molar-refractivity contribution in [1.29, 1.82) is 0 Å². The maximum atomic E-state index is 16.1. The second-order valence-electron chi connectivity index (χ2n) is 27.0. The van der Waals surface area contributed by atoms with Crippen molar-refractivity contribution in [2.45, 2.75) is 80.6 Å². The van der Waals surface area contributed by atoms with Crippen molar-refractivity contribution in [3.05, 3.63) is 220 Å². The monoisotopic (exact) mass is 1510 g/mol. The van der Waals surface area contributed by atoms with Gasteiger partial charge in [-0.3, -0.25) is 43.2 Å². The molecule has 9 amide bonds. The molecule has 9 aromatic carbocycles. The molecule has 32 nitrogen and oxygen atoms in total. The van der Waals surface area contributed by atoms with Crippen LogP contribution in [-0.2, 0) is 67.2 Å². The Hall–Kier alpha value is -15.0. The Morgan fingerprint density at radius 3 is 1.80 bits per heavy atom. The van der Waals surface area contributed by atoms with Gasteiger partial charge in [0, 0.05) is 78.2 Å². The van der Waals surface area contributed by atoms with Crippen molar-refractivity contribution >= 4 is 70.0 Å². The largest absolute Gasteiger partial charge is 0.508 e. The molecule has 0 spiro atoms. The lowest BCUT2D eigenvalue weighted by Gasteiger charge is -2.30. The molecule has 10 aromatic rings. The van der Waals surface area contributed by atoms with Crippen LogP contribution < -0.4 is 57.3 Å². The number of hydrogen-bond donors (Lipinski definition) is 20. The number of rotatable bonds is 8. The number of carboxylic acids is 1. The van der Waals surface area contributed by atoms with Crippen molar-refractivity contribution in [2.24, 2.45) is 0 Å². The van der Waals surface area contributed by atoms with E-state index in [9.17, 15) is 65.4 Å². The molecule has 20 N–H and O–H groups in total.